The highest BCUT2D eigenvalue weighted by Crippen LogP contribution is 2.20. The maximum atomic E-state index is 13.0. The average molecular weight is 322 g/mol. The fraction of sp³-hybridized carbons (Fsp3) is 0.200. The average Bonchev–Trinajstić information content (AvgIpc) is 2.31. The van der Waals surface area contributed by atoms with E-state index in [4.69, 9.17) is 0 Å². The number of carbonyl (C=O) groups excluding carboxylic acids is 1. The number of nitrogens with zero attached hydrogens (tertiary/aromatic N) is 1. The summed E-state index contributed by atoms with van der Waals surface area (Å²) in [6, 6.07) is 8.01. The Kier molecular flexibility index (Phi) is 4.10. The van der Waals surface area contributed by atoms with Crippen molar-refractivity contribution in [3.63, 3.8) is 0 Å². The van der Waals surface area contributed by atoms with E-state index in [1.165, 1.54) is 12.1 Å². The number of benzene rings is 1. The molecule has 0 aliphatic rings. The van der Waals surface area contributed by atoms with Crippen molar-refractivity contribution in [1.29, 1.82) is 0 Å². The number of pyridine rings is 1. The molecule has 4 heteroatoms. The van der Waals surface area contributed by atoms with E-state index in [-0.39, 0.29) is 18.0 Å². The van der Waals surface area contributed by atoms with Gasteiger partial charge in [0.1, 0.15) is 11.5 Å². The quantitative estimate of drug-likeness (QED) is 0.799. The largest absolute Gasteiger partial charge is 0.292 e. The van der Waals surface area contributed by atoms with Crippen molar-refractivity contribution in [3.05, 3.63) is 63.1 Å². The Morgan fingerprint density at radius 3 is 2.63 bits per heavy atom. The standard InChI is InChI=1S/C15H13BrFNO/c1-9-5-10(2)18-14(6-9)15(19)7-11-3-4-12(17)8-13(11)16/h3-6,8H,7H2,1-2H3. The third-order valence-corrected chi connectivity index (χ3v) is 3.49. The molecule has 0 saturated carbocycles. The molecule has 0 aliphatic heterocycles. The van der Waals surface area contributed by atoms with Gasteiger partial charge in [-0.25, -0.2) is 9.37 Å². The second kappa shape index (κ2) is 5.61. The summed E-state index contributed by atoms with van der Waals surface area (Å²) in [5.41, 5.74) is 3.04. The fourth-order valence-electron chi connectivity index (χ4n) is 1.91. The number of Topliss-reactive ketones (excluding diaryl/α,β-unsaturated/α-hetero) is 1. The second-order valence-electron chi connectivity index (χ2n) is 4.51. The molecule has 0 radical (unpaired) electrons. The van der Waals surface area contributed by atoms with Gasteiger partial charge in [0.2, 0.25) is 0 Å². The fourth-order valence-corrected chi connectivity index (χ4v) is 2.40. The molecule has 0 saturated heterocycles. The van der Waals surface area contributed by atoms with Gasteiger partial charge in [-0.2, -0.15) is 0 Å². The van der Waals surface area contributed by atoms with Gasteiger partial charge < -0.3 is 0 Å². The van der Waals surface area contributed by atoms with Crippen molar-refractivity contribution in [1.82, 2.24) is 4.98 Å². The van der Waals surface area contributed by atoms with Crippen molar-refractivity contribution in [2.24, 2.45) is 0 Å². The van der Waals surface area contributed by atoms with Crippen LogP contribution in [-0.4, -0.2) is 10.8 Å². The van der Waals surface area contributed by atoms with E-state index in [0.717, 1.165) is 16.8 Å². The Morgan fingerprint density at radius 2 is 2.00 bits per heavy atom. The Balaban J connectivity index is 2.25. The van der Waals surface area contributed by atoms with Crippen molar-refractivity contribution in [2.45, 2.75) is 20.3 Å². The minimum Gasteiger partial charge on any atom is -0.292 e. The first kappa shape index (κ1) is 13.9. The summed E-state index contributed by atoms with van der Waals surface area (Å²) in [4.78, 5) is 16.4. The lowest BCUT2D eigenvalue weighted by Crippen LogP contribution is -2.08. The van der Waals surface area contributed by atoms with Gasteiger partial charge in [-0.15, -0.1) is 0 Å². The smallest absolute Gasteiger partial charge is 0.185 e. The van der Waals surface area contributed by atoms with Crippen LogP contribution in [0.3, 0.4) is 0 Å². The zero-order valence-electron chi connectivity index (χ0n) is 10.7. The first-order chi connectivity index (χ1) is 8.95. The highest BCUT2D eigenvalue weighted by molar-refractivity contribution is 9.10. The van der Waals surface area contributed by atoms with Crippen LogP contribution in [0.2, 0.25) is 0 Å². The lowest BCUT2D eigenvalue weighted by molar-refractivity contribution is 0.0987. The maximum Gasteiger partial charge on any atom is 0.185 e. The highest BCUT2D eigenvalue weighted by Gasteiger charge is 2.12. The number of rotatable bonds is 3. The molecule has 0 aliphatic carbocycles. The van der Waals surface area contributed by atoms with Gasteiger partial charge in [0.15, 0.2) is 5.78 Å². The molecule has 0 amide bonds. The van der Waals surface area contributed by atoms with Crippen LogP contribution in [0.1, 0.15) is 27.3 Å². The Bertz CT molecular complexity index is 620. The van der Waals surface area contributed by atoms with Crippen molar-refractivity contribution in [2.75, 3.05) is 0 Å². The predicted molar refractivity (Wildman–Crippen MR) is 75.8 cm³/mol. The van der Waals surface area contributed by atoms with Crippen LogP contribution in [0, 0.1) is 19.7 Å². The first-order valence-electron chi connectivity index (χ1n) is 5.88. The molecule has 0 spiro atoms. The van der Waals surface area contributed by atoms with E-state index < -0.39 is 0 Å². The van der Waals surface area contributed by atoms with Gasteiger partial charge >= 0.3 is 0 Å². The molecule has 1 heterocycles. The number of aromatic nitrogens is 1. The number of halogens is 2. The lowest BCUT2D eigenvalue weighted by Gasteiger charge is -2.05. The van der Waals surface area contributed by atoms with Crippen molar-refractivity contribution in [3.8, 4) is 0 Å². The molecule has 19 heavy (non-hydrogen) atoms. The van der Waals surface area contributed by atoms with Gasteiger partial charge in [-0.3, -0.25) is 4.79 Å². The van der Waals surface area contributed by atoms with Gasteiger partial charge in [0, 0.05) is 16.6 Å². The van der Waals surface area contributed by atoms with E-state index in [2.05, 4.69) is 20.9 Å². The number of carbonyl (C=O) groups is 1. The zero-order chi connectivity index (χ0) is 14.0. The number of hydrogen-bond acceptors (Lipinski definition) is 2. The second-order valence-corrected chi connectivity index (χ2v) is 5.36. The Hall–Kier alpha value is -1.55. The molecular formula is C15H13BrFNO. The molecule has 98 valence electrons. The molecule has 2 nitrogen and oxygen atoms in total. The normalized spacial score (nSPS) is 10.5. The monoisotopic (exact) mass is 321 g/mol. The predicted octanol–water partition coefficient (Wildman–Crippen LogP) is 4.03. The van der Waals surface area contributed by atoms with Crippen LogP contribution in [-0.2, 0) is 6.42 Å². The SMILES string of the molecule is Cc1cc(C)nc(C(=O)Cc2ccc(F)cc2Br)c1. The summed E-state index contributed by atoms with van der Waals surface area (Å²) in [7, 11) is 0. The third-order valence-electron chi connectivity index (χ3n) is 2.75. The highest BCUT2D eigenvalue weighted by atomic mass is 79.9. The topological polar surface area (TPSA) is 30.0 Å². The van der Waals surface area contributed by atoms with Crippen LogP contribution in [0.25, 0.3) is 0 Å². The van der Waals surface area contributed by atoms with E-state index in [1.807, 2.05) is 19.9 Å². The summed E-state index contributed by atoms with van der Waals surface area (Å²) in [6.07, 6.45) is 0.205. The van der Waals surface area contributed by atoms with Crippen LogP contribution in [0.4, 0.5) is 4.39 Å². The minimum atomic E-state index is -0.326. The maximum absolute atomic E-state index is 13.0. The Labute approximate surface area is 119 Å². The summed E-state index contributed by atoms with van der Waals surface area (Å²) >= 11 is 3.26. The van der Waals surface area contributed by atoms with Gasteiger partial charge in [0.05, 0.1) is 0 Å². The molecular weight excluding hydrogens is 309 g/mol. The molecule has 1 aromatic heterocycles. The van der Waals surface area contributed by atoms with Crippen LogP contribution < -0.4 is 0 Å². The van der Waals surface area contributed by atoms with E-state index >= 15 is 0 Å². The molecule has 0 N–H and O–H groups in total. The van der Waals surface area contributed by atoms with E-state index in [9.17, 15) is 9.18 Å². The molecule has 0 fully saturated rings. The van der Waals surface area contributed by atoms with Gasteiger partial charge in [-0.1, -0.05) is 22.0 Å². The van der Waals surface area contributed by atoms with E-state index in [1.54, 1.807) is 12.1 Å². The van der Waals surface area contributed by atoms with E-state index in [0.29, 0.717) is 10.2 Å². The lowest BCUT2D eigenvalue weighted by atomic mass is 10.1. The molecule has 0 unspecified atom stereocenters. The molecule has 0 bridgehead atoms. The number of ketones is 1. The molecule has 0 atom stereocenters. The summed E-state index contributed by atoms with van der Waals surface area (Å²) in [5.74, 6) is -0.397. The van der Waals surface area contributed by atoms with Gasteiger partial charge in [0.25, 0.3) is 0 Å². The van der Waals surface area contributed by atoms with Gasteiger partial charge in [-0.05, 0) is 49.2 Å². The van der Waals surface area contributed by atoms with Crippen molar-refractivity contribution < 1.29 is 9.18 Å². The molecule has 2 aromatic rings. The molecule has 2 rings (SSSR count). The van der Waals surface area contributed by atoms with Crippen LogP contribution in [0.5, 0.6) is 0 Å². The summed E-state index contributed by atoms with van der Waals surface area (Å²) in [5, 5.41) is 0. The molecule has 1 aromatic carbocycles. The zero-order valence-corrected chi connectivity index (χ0v) is 12.3. The summed E-state index contributed by atoms with van der Waals surface area (Å²) < 4.78 is 13.6. The Morgan fingerprint density at radius 1 is 1.26 bits per heavy atom. The first-order valence-corrected chi connectivity index (χ1v) is 6.67. The third kappa shape index (κ3) is 3.47. The number of aryl methyl sites for hydroxylation is 2. The van der Waals surface area contributed by atoms with Crippen LogP contribution >= 0.6 is 15.9 Å². The minimum absolute atomic E-state index is 0.0703. The number of hydrogen-bond donors (Lipinski definition) is 0. The summed E-state index contributed by atoms with van der Waals surface area (Å²) in [6.45, 7) is 3.79. The van der Waals surface area contributed by atoms with Crippen molar-refractivity contribution >= 4 is 21.7 Å². The van der Waals surface area contributed by atoms with Crippen LogP contribution in [0.15, 0.2) is 34.8 Å².